The van der Waals surface area contributed by atoms with Crippen LogP contribution in [-0.2, 0) is 10.2 Å². The number of halogens is 4. The highest BCUT2D eigenvalue weighted by Crippen LogP contribution is 2.60. The minimum Gasteiger partial charge on any atom is -0.454 e. The molecule has 1 unspecified atom stereocenters. The lowest BCUT2D eigenvalue weighted by Gasteiger charge is -2.44. The first-order valence-electron chi connectivity index (χ1n) is 9.72. The number of alkyl halides is 2. The van der Waals surface area contributed by atoms with E-state index in [0.717, 1.165) is 4.68 Å². The van der Waals surface area contributed by atoms with Gasteiger partial charge in [0, 0.05) is 17.7 Å². The van der Waals surface area contributed by atoms with Crippen LogP contribution in [0.15, 0.2) is 39.9 Å². The molecule has 172 valence electrons. The van der Waals surface area contributed by atoms with Gasteiger partial charge in [-0.05, 0) is 36.8 Å². The third-order valence-electron chi connectivity index (χ3n) is 5.91. The van der Waals surface area contributed by atoms with Gasteiger partial charge in [-0.2, -0.15) is 9.94 Å². The van der Waals surface area contributed by atoms with E-state index in [4.69, 9.17) is 33.2 Å². The van der Waals surface area contributed by atoms with Crippen molar-refractivity contribution in [2.75, 3.05) is 5.32 Å². The number of carbonyl (C=O) groups excluding carboxylic acids is 1. The SMILES string of the molecule is N#Cc1nn(-c2cc(Cl)c(Oc3ccc4c(c3)C3(CCC3(F)F)C(=O)N4)c(Cl)c2)c(=O)[nH]c1=O. The highest BCUT2D eigenvalue weighted by atomic mass is 35.5. The van der Waals surface area contributed by atoms with E-state index in [1.165, 1.54) is 30.3 Å². The Bertz CT molecular complexity index is 1540. The molecule has 2 aromatic carbocycles. The number of ether oxygens (including phenoxy) is 1. The number of anilines is 1. The Morgan fingerprint density at radius 1 is 1.12 bits per heavy atom. The summed E-state index contributed by atoms with van der Waals surface area (Å²) in [5.74, 6) is -3.87. The smallest absolute Gasteiger partial charge is 0.349 e. The number of rotatable bonds is 3. The molecule has 1 aliphatic carbocycles. The van der Waals surface area contributed by atoms with Gasteiger partial charge in [0.05, 0.1) is 15.7 Å². The minimum atomic E-state index is -3.18. The monoisotopic (exact) mass is 505 g/mol. The molecule has 1 aromatic heterocycles. The average Bonchev–Trinajstić information content (AvgIpc) is 3.08. The fraction of sp³-hybridized carbons (Fsp3) is 0.190. The molecule has 9 nitrogen and oxygen atoms in total. The van der Waals surface area contributed by atoms with E-state index in [9.17, 15) is 23.2 Å². The van der Waals surface area contributed by atoms with Crippen molar-refractivity contribution in [2.24, 2.45) is 0 Å². The van der Waals surface area contributed by atoms with E-state index < -0.39 is 40.6 Å². The summed E-state index contributed by atoms with van der Waals surface area (Å²) < 4.78 is 35.3. The second-order valence-corrected chi connectivity index (χ2v) is 8.56. The van der Waals surface area contributed by atoms with Crippen molar-refractivity contribution in [3.63, 3.8) is 0 Å². The number of aromatic nitrogens is 3. The molecule has 34 heavy (non-hydrogen) atoms. The van der Waals surface area contributed by atoms with Crippen LogP contribution >= 0.6 is 23.2 Å². The summed E-state index contributed by atoms with van der Waals surface area (Å²) in [5, 5.41) is 15.0. The molecule has 1 fully saturated rings. The molecule has 2 N–H and O–H groups in total. The fourth-order valence-corrected chi connectivity index (χ4v) is 4.66. The topological polar surface area (TPSA) is 130 Å². The number of hydrogen-bond acceptors (Lipinski definition) is 6. The fourth-order valence-electron chi connectivity index (χ4n) is 4.11. The molecule has 1 aliphatic heterocycles. The molecule has 1 saturated carbocycles. The van der Waals surface area contributed by atoms with Crippen LogP contribution in [0.1, 0.15) is 24.1 Å². The van der Waals surface area contributed by atoms with E-state index in [1.807, 2.05) is 4.98 Å². The van der Waals surface area contributed by atoms with E-state index in [2.05, 4.69) is 10.4 Å². The quantitative estimate of drug-likeness (QED) is 0.560. The van der Waals surface area contributed by atoms with E-state index in [-0.39, 0.29) is 44.9 Å². The van der Waals surface area contributed by atoms with Crippen LogP contribution in [-0.4, -0.2) is 26.6 Å². The number of aromatic amines is 1. The van der Waals surface area contributed by atoms with Crippen molar-refractivity contribution < 1.29 is 18.3 Å². The van der Waals surface area contributed by atoms with Crippen molar-refractivity contribution in [3.8, 4) is 23.3 Å². The van der Waals surface area contributed by atoms with E-state index >= 15 is 0 Å². The van der Waals surface area contributed by atoms with Crippen LogP contribution in [0, 0.1) is 11.3 Å². The maximum Gasteiger partial charge on any atom is 0.349 e. The number of H-pyrrole nitrogens is 1. The summed E-state index contributed by atoms with van der Waals surface area (Å²) in [5.41, 5.74) is -3.90. The van der Waals surface area contributed by atoms with Gasteiger partial charge in [0.25, 0.3) is 11.5 Å². The molecule has 0 radical (unpaired) electrons. The number of fused-ring (bicyclic) bond motifs is 2. The van der Waals surface area contributed by atoms with Gasteiger partial charge in [-0.15, -0.1) is 5.10 Å². The molecule has 1 spiro atoms. The standard InChI is InChI=1S/C21H11Cl2F2N5O4/c22-12-5-9(30-19(33)28-17(31)15(8-26)29-30)6-13(23)16(12)34-10-1-2-14-11(7-10)20(18(32)27-14)3-4-21(20,24)25/h1-2,5-7H,3-4H2,(H,27,32)(H,28,31,33). The van der Waals surface area contributed by atoms with Gasteiger partial charge in [-0.25, -0.2) is 13.6 Å². The first kappa shape index (κ1) is 22.1. The summed E-state index contributed by atoms with van der Waals surface area (Å²) >= 11 is 12.6. The molecule has 0 bridgehead atoms. The number of nitrogens with one attached hydrogen (secondary N) is 2. The van der Waals surface area contributed by atoms with Crippen molar-refractivity contribution in [1.29, 1.82) is 5.26 Å². The zero-order chi connectivity index (χ0) is 24.4. The predicted octanol–water partition coefficient (Wildman–Crippen LogP) is 3.51. The third-order valence-corrected chi connectivity index (χ3v) is 6.47. The van der Waals surface area contributed by atoms with Crippen LogP contribution in [0.4, 0.5) is 14.5 Å². The molecule has 1 atom stereocenters. The Hall–Kier alpha value is -3.75. The first-order chi connectivity index (χ1) is 16.1. The molecular formula is C21H11Cl2F2N5O4. The van der Waals surface area contributed by atoms with E-state index in [0.29, 0.717) is 0 Å². The summed E-state index contributed by atoms with van der Waals surface area (Å²) in [6.45, 7) is 0. The molecular weight excluding hydrogens is 495 g/mol. The number of benzene rings is 2. The van der Waals surface area contributed by atoms with Gasteiger partial charge in [0.1, 0.15) is 17.2 Å². The van der Waals surface area contributed by atoms with Gasteiger partial charge in [0.2, 0.25) is 11.6 Å². The van der Waals surface area contributed by atoms with Crippen molar-refractivity contribution in [1.82, 2.24) is 14.8 Å². The third kappa shape index (κ3) is 3.03. The highest BCUT2D eigenvalue weighted by Gasteiger charge is 2.70. The molecule has 1 amide bonds. The first-order valence-corrected chi connectivity index (χ1v) is 10.5. The molecule has 13 heteroatoms. The summed E-state index contributed by atoms with van der Waals surface area (Å²) in [4.78, 5) is 38.0. The van der Waals surface area contributed by atoms with Crippen molar-refractivity contribution in [2.45, 2.75) is 24.2 Å². The van der Waals surface area contributed by atoms with Gasteiger partial charge < -0.3 is 10.1 Å². The number of hydrogen-bond donors (Lipinski definition) is 2. The Kier molecular flexibility index (Phi) is 4.79. The van der Waals surface area contributed by atoms with Gasteiger partial charge in [0.15, 0.2) is 5.75 Å². The zero-order valence-corrected chi connectivity index (χ0v) is 18.3. The van der Waals surface area contributed by atoms with E-state index in [1.54, 1.807) is 6.07 Å². The maximum absolute atomic E-state index is 14.4. The zero-order valence-electron chi connectivity index (χ0n) is 16.8. The van der Waals surface area contributed by atoms with Crippen LogP contribution in [0.5, 0.6) is 11.5 Å². The molecule has 3 aromatic rings. The Morgan fingerprint density at radius 3 is 2.41 bits per heavy atom. The molecule has 2 aliphatic rings. The highest BCUT2D eigenvalue weighted by molar-refractivity contribution is 6.37. The number of amides is 1. The maximum atomic E-state index is 14.4. The lowest BCUT2D eigenvalue weighted by atomic mass is 9.62. The van der Waals surface area contributed by atoms with Crippen molar-refractivity contribution in [3.05, 3.63) is 72.5 Å². The molecule has 5 rings (SSSR count). The predicted molar refractivity (Wildman–Crippen MR) is 116 cm³/mol. The summed E-state index contributed by atoms with van der Waals surface area (Å²) in [6.07, 6.45) is -0.389. The number of nitriles is 1. The van der Waals surface area contributed by atoms with Crippen LogP contribution in [0.25, 0.3) is 5.69 Å². The number of carbonyl (C=O) groups is 1. The minimum absolute atomic E-state index is 0.00407. The van der Waals surface area contributed by atoms with Crippen LogP contribution in [0.2, 0.25) is 10.0 Å². The summed E-state index contributed by atoms with van der Waals surface area (Å²) in [7, 11) is 0. The second-order valence-electron chi connectivity index (χ2n) is 7.74. The summed E-state index contributed by atoms with van der Waals surface area (Å²) in [6, 6.07) is 8.34. The lowest BCUT2D eigenvalue weighted by Crippen LogP contribution is -2.58. The Balaban J connectivity index is 1.52. The van der Waals surface area contributed by atoms with Crippen molar-refractivity contribution >= 4 is 34.8 Å². The number of nitrogens with zero attached hydrogens (tertiary/aromatic N) is 3. The van der Waals surface area contributed by atoms with Gasteiger partial charge >= 0.3 is 5.69 Å². The van der Waals surface area contributed by atoms with Crippen LogP contribution < -0.4 is 21.3 Å². The Morgan fingerprint density at radius 2 is 1.82 bits per heavy atom. The average molecular weight is 506 g/mol. The Labute approximate surface area is 198 Å². The molecule has 2 heterocycles. The largest absolute Gasteiger partial charge is 0.454 e. The van der Waals surface area contributed by atoms with Gasteiger partial charge in [-0.3, -0.25) is 14.6 Å². The normalized spacial score (nSPS) is 19.8. The van der Waals surface area contributed by atoms with Crippen LogP contribution in [0.3, 0.4) is 0 Å². The van der Waals surface area contributed by atoms with Gasteiger partial charge in [-0.1, -0.05) is 23.2 Å². The second kappa shape index (κ2) is 7.38. The molecule has 0 saturated heterocycles. The lowest BCUT2D eigenvalue weighted by molar-refractivity contribution is -0.168.